The van der Waals surface area contributed by atoms with Gasteiger partial charge in [0.1, 0.15) is 11.5 Å². The van der Waals surface area contributed by atoms with Gasteiger partial charge in [0.05, 0.1) is 30.7 Å². The van der Waals surface area contributed by atoms with Crippen LogP contribution in [0.25, 0.3) is 0 Å². The fraction of sp³-hybridized carbons (Fsp3) is 0.391. The lowest BCUT2D eigenvalue weighted by Gasteiger charge is -2.20. The fourth-order valence-electron chi connectivity index (χ4n) is 3.81. The number of nitrogens with one attached hydrogen (secondary N) is 1. The molecule has 1 unspecified atom stereocenters. The van der Waals surface area contributed by atoms with Crippen molar-refractivity contribution in [1.82, 2.24) is 4.31 Å². The maximum Gasteiger partial charge on any atom is 0.243 e. The number of hydrogen-bond donors (Lipinski definition) is 1. The van der Waals surface area contributed by atoms with Gasteiger partial charge in [-0.25, -0.2) is 8.42 Å². The third kappa shape index (κ3) is 5.12. The highest BCUT2D eigenvalue weighted by molar-refractivity contribution is 7.89. The highest BCUT2D eigenvalue weighted by atomic mass is 32.2. The number of benzene rings is 2. The summed E-state index contributed by atoms with van der Waals surface area (Å²) in [6.07, 6.45) is 0.0314. The monoisotopic (exact) mass is 475 g/mol. The van der Waals surface area contributed by atoms with E-state index in [0.717, 1.165) is 0 Å². The molecular formula is C23H29N3O6S. The molecule has 1 heterocycles. The van der Waals surface area contributed by atoms with Gasteiger partial charge in [0.2, 0.25) is 21.8 Å². The van der Waals surface area contributed by atoms with Crippen LogP contribution in [0.5, 0.6) is 11.5 Å². The topological polar surface area (TPSA) is 105 Å². The number of hydrogen-bond acceptors (Lipinski definition) is 6. The minimum Gasteiger partial charge on any atom is -0.497 e. The number of sulfonamides is 1. The van der Waals surface area contributed by atoms with E-state index in [1.807, 2.05) is 0 Å². The van der Waals surface area contributed by atoms with Gasteiger partial charge in [-0.2, -0.15) is 4.31 Å². The molecule has 1 aliphatic heterocycles. The van der Waals surface area contributed by atoms with Crippen LogP contribution in [0, 0.1) is 5.92 Å². The van der Waals surface area contributed by atoms with Crippen molar-refractivity contribution >= 4 is 33.2 Å². The Morgan fingerprint density at radius 2 is 1.85 bits per heavy atom. The summed E-state index contributed by atoms with van der Waals surface area (Å²) in [6.45, 7) is 4.41. The summed E-state index contributed by atoms with van der Waals surface area (Å²) in [5, 5.41) is 2.76. The number of amides is 2. The number of carbonyl (C=O) groups excluding carboxylic acids is 2. The van der Waals surface area contributed by atoms with Gasteiger partial charge >= 0.3 is 0 Å². The van der Waals surface area contributed by atoms with Crippen LogP contribution in [-0.4, -0.2) is 58.4 Å². The highest BCUT2D eigenvalue weighted by Gasteiger charge is 2.36. The number of carbonyl (C=O) groups is 2. The van der Waals surface area contributed by atoms with Gasteiger partial charge in [-0.05, 0) is 30.3 Å². The molecule has 0 aromatic heterocycles. The van der Waals surface area contributed by atoms with Gasteiger partial charge in [-0.15, -0.1) is 0 Å². The summed E-state index contributed by atoms with van der Waals surface area (Å²) in [5.74, 6) is -0.0987. The Hall–Kier alpha value is -3.11. The SMILES string of the molecule is CCN(CC)S(=O)(=O)c1cccc(NC(=O)C2CC(=O)N(c3cc(OC)ccc3OC)C2)c1. The Balaban J connectivity index is 1.77. The van der Waals surface area contributed by atoms with E-state index in [-0.39, 0.29) is 29.7 Å². The smallest absolute Gasteiger partial charge is 0.243 e. The average Bonchev–Trinajstić information content (AvgIpc) is 3.21. The third-order valence-corrected chi connectivity index (χ3v) is 7.66. The zero-order valence-corrected chi connectivity index (χ0v) is 20.0. The van der Waals surface area contributed by atoms with Gasteiger partial charge in [-0.1, -0.05) is 19.9 Å². The summed E-state index contributed by atoms with van der Waals surface area (Å²) in [4.78, 5) is 27.2. The molecule has 178 valence electrons. The Morgan fingerprint density at radius 3 is 2.48 bits per heavy atom. The van der Waals surface area contributed by atoms with Gasteiger partial charge in [0.25, 0.3) is 0 Å². The van der Waals surface area contributed by atoms with Crippen LogP contribution in [0.4, 0.5) is 11.4 Å². The molecule has 0 bridgehead atoms. The van der Waals surface area contributed by atoms with Crippen LogP contribution in [0.15, 0.2) is 47.4 Å². The molecular weight excluding hydrogens is 446 g/mol. The lowest BCUT2D eigenvalue weighted by atomic mass is 10.1. The van der Waals surface area contributed by atoms with Crippen LogP contribution in [0.1, 0.15) is 20.3 Å². The standard InChI is InChI=1S/C23H29N3O6S/c1-5-25(6-2)33(29,30)19-9-7-8-17(13-19)24-23(28)16-12-22(27)26(15-16)20-14-18(31-3)10-11-21(20)32-4/h7-11,13-14,16H,5-6,12,15H2,1-4H3,(H,24,28). The van der Waals surface area contributed by atoms with Crippen LogP contribution in [-0.2, 0) is 19.6 Å². The van der Waals surface area contributed by atoms with Crippen molar-refractivity contribution in [3.05, 3.63) is 42.5 Å². The second-order valence-electron chi connectivity index (χ2n) is 7.55. The minimum atomic E-state index is -3.65. The molecule has 1 atom stereocenters. The molecule has 0 aliphatic carbocycles. The van der Waals surface area contributed by atoms with Gasteiger partial charge in [0, 0.05) is 37.8 Å². The van der Waals surface area contributed by atoms with E-state index in [0.29, 0.717) is 36.0 Å². The Kier molecular flexibility index (Phi) is 7.60. The van der Waals surface area contributed by atoms with Crippen molar-refractivity contribution in [3.63, 3.8) is 0 Å². The van der Waals surface area contributed by atoms with E-state index in [2.05, 4.69) is 5.32 Å². The number of rotatable bonds is 9. The molecule has 1 saturated heterocycles. The maximum atomic E-state index is 12.9. The molecule has 2 aromatic rings. The second kappa shape index (κ2) is 10.2. The average molecular weight is 476 g/mol. The first-order valence-electron chi connectivity index (χ1n) is 10.7. The van der Waals surface area contributed by atoms with Crippen LogP contribution in [0.3, 0.4) is 0 Å². The fourth-order valence-corrected chi connectivity index (χ4v) is 5.32. The number of ether oxygens (including phenoxy) is 2. The summed E-state index contributed by atoms with van der Waals surface area (Å²) in [5.41, 5.74) is 0.891. The molecule has 10 heteroatoms. The zero-order chi connectivity index (χ0) is 24.2. The van der Waals surface area contributed by atoms with Crippen molar-refractivity contribution in [2.45, 2.75) is 25.2 Å². The van der Waals surface area contributed by atoms with E-state index in [4.69, 9.17) is 9.47 Å². The number of methoxy groups -OCH3 is 2. The zero-order valence-electron chi connectivity index (χ0n) is 19.2. The molecule has 1 N–H and O–H groups in total. The quantitative estimate of drug-likeness (QED) is 0.598. The van der Waals surface area contributed by atoms with E-state index in [9.17, 15) is 18.0 Å². The Morgan fingerprint density at radius 1 is 1.12 bits per heavy atom. The van der Waals surface area contributed by atoms with Crippen LogP contribution in [0.2, 0.25) is 0 Å². The number of nitrogens with zero attached hydrogens (tertiary/aromatic N) is 2. The van der Waals surface area contributed by atoms with Crippen molar-refractivity contribution < 1.29 is 27.5 Å². The molecule has 0 saturated carbocycles. The normalized spacial score (nSPS) is 16.2. The molecule has 9 nitrogen and oxygen atoms in total. The maximum absolute atomic E-state index is 12.9. The third-order valence-electron chi connectivity index (χ3n) is 5.62. The van der Waals surface area contributed by atoms with Crippen LogP contribution < -0.4 is 19.7 Å². The molecule has 1 fully saturated rings. The van der Waals surface area contributed by atoms with Gasteiger partial charge < -0.3 is 19.7 Å². The molecule has 2 amide bonds. The van der Waals surface area contributed by atoms with Crippen molar-refractivity contribution in [2.24, 2.45) is 5.92 Å². The summed E-state index contributed by atoms with van der Waals surface area (Å²) >= 11 is 0. The first kappa shape index (κ1) is 24.5. The van der Waals surface area contributed by atoms with Gasteiger partial charge in [-0.3, -0.25) is 9.59 Å². The van der Waals surface area contributed by atoms with Crippen molar-refractivity contribution in [1.29, 1.82) is 0 Å². The summed E-state index contributed by atoms with van der Waals surface area (Å²) in [6, 6.07) is 11.3. The van der Waals surface area contributed by atoms with E-state index in [1.54, 1.807) is 44.2 Å². The van der Waals surface area contributed by atoms with E-state index in [1.165, 1.54) is 35.6 Å². The van der Waals surface area contributed by atoms with Gasteiger partial charge in [0.15, 0.2) is 0 Å². The first-order chi connectivity index (χ1) is 15.7. The lowest BCUT2D eigenvalue weighted by molar-refractivity contribution is -0.122. The molecule has 0 radical (unpaired) electrons. The predicted molar refractivity (Wildman–Crippen MR) is 125 cm³/mol. The largest absolute Gasteiger partial charge is 0.497 e. The Labute approximate surface area is 194 Å². The van der Waals surface area contributed by atoms with E-state index >= 15 is 0 Å². The van der Waals surface area contributed by atoms with E-state index < -0.39 is 15.9 Å². The summed E-state index contributed by atoms with van der Waals surface area (Å²) < 4.78 is 37.5. The molecule has 0 spiro atoms. The predicted octanol–water partition coefficient (Wildman–Crippen LogP) is 2.73. The molecule has 2 aromatic carbocycles. The van der Waals surface area contributed by atoms with Crippen molar-refractivity contribution in [2.75, 3.05) is 44.1 Å². The second-order valence-corrected chi connectivity index (χ2v) is 9.49. The number of anilines is 2. The lowest BCUT2D eigenvalue weighted by Crippen LogP contribution is -2.31. The Bertz CT molecular complexity index is 1130. The molecule has 33 heavy (non-hydrogen) atoms. The first-order valence-corrected chi connectivity index (χ1v) is 12.1. The van der Waals surface area contributed by atoms with Crippen molar-refractivity contribution in [3.8, 4) is 11.5 Å². The van der Waals surface area contributed by atoms with Crippen LogP contribution >= 0.6 is 0 Å². The highest BCUT2D eigenvalue weighted by Crippen LogP contribution is 2.36. The molecule has 3 rings (SSSR count). The molecule has 1 aliphatic rings. The summed E-state index contributed by atoms with van der Waals surface area (Å²) in [7, 11) is -0.613. The minimum absolute atomic E-state index is 0.0314.